The van der Waals surface area contributed by atoms with E-state index in [9.17, 15) is 22.0 Å². The number of thiocarbonyl (C=S) groups is 1. The Bertz CT molecular complexity index is 738. The van der Waals surface area contributed by atoms with Gasteiger partial charge >= 0.3 is 0 Å². The van der Waals surface area contributed by atoms with Gasteiger partial charge in [0.25, 0.3) is 0 Å². The molecule has 0 fully saturated rings. The molecule has 0 spiro atoms. The van der Waals surface area contributed by atoms with Crippen molar-refractivity contribution in [1.29, 1.82) is 0 Å². The first-order valence-corrected chi connectivity index (χ1v) is 6.34. The van der Waals surface area contributed by atoms with E-state index < -0.39 is 34.6 Å². The van der Waals surface area contributed by atoms with E-state index in [2.05, 4.69) is 20.8 Å². The van der Waals surface area contributed by atoms with Gasteiger partial charge in [0, 0.05) is 6.20 Å². The molecule has 1 aromatic heterocycles. The summed E-state index contributed by atoms with van der Waals surface area (Å²) in [5, 5.41) is 5.90. The third-order valence-corrected chi connectivity index (χ3v) is 2.72. The summed E-state index contributed by atoms with van der Waals surface area (Å²) in [6, 6.07) is 3.26. The molecule has 0 bridgehead atoms. The lowest BCUT2D eigenvalue weighted by molar-refractivity contribution is 0.377. The van der Waals surface area contributed by atoms with E-state index in [1.807, 2.05) is 0 Å². The molecule has 0 aliphatic heterocycles. The molecule has 0 unspecified atom stereocenters. The highest BCUT2D eigenvalue weighted by atomic mass is 32.1. The molecule has 2 rings (SSSR count). The van der Waals surface area contributed by atoms with Crippen LogP contribution in [0.25, 0.3) is 0 Å². The fourth-order valence-electron chi connectivity index (χ4n) is 1.49. The predicted octanol–water partition coefficient (Wildman–Crippen LogP) is 3.10. The maximum absolute atomic E-state index is 13.4. The van der Waals surface area contributed by atoms with Gasteiger partial charge in [-0.3, -0.25) is 10.4 Å². The molecular formula is C13H7F5N4S. The lowest BCUT2D eigenvalue weighted by atomic mass is 10.2. The van der Waals surface area contributed by atoms with Crippen LogP contribution in [0.2, 0.25) is 0 Å². The molecule has 4 nitrogen and oxygen atoms in total. The van der Waals surface area contributed by atoms with Crippen LogP contribution >= 0.6 is 12.2 Å². The minimum absolute atomic E-state index is 0.0712. The highest BCUT2D eigenvalue weighted by Gasteiger charge is 2.24. The van der Waals surface area contributed by atoms with Crippen LogP contribution in [0.5, 0.6) is 0 Å². The van der Waals surface area contributed by atoms with Crippen LogP contribution in [-0.4, -0.2) is 16.3 Å². The quantitative estimate of drug-likeness (QED) is 0.224. The van der Waals surface area contributed by atoms with E-state index in [1.165, 1.54) is 12.4 Å². The van der Waals surface area contributed by atoms with Gasteiger partial charge in [-0.2, -0.15) is 5.10 Å². The maximum Gasteiger partial charge on any atom is 0.200 e. The van der Waals surface area contributed by atoms with Gasteiger partial charge in [-0.25, -0.2) is 22.0 Å². The number of nitrogens with zero attached hydrogens (tertiary/aromatic N) is 2. The summed E-state index contributed by atoms with van der Waals surface area (Å²) in [5.74, 6) is -10.3. The Hall–Kier alpha value is -2.62. The molecule has 1 aromatic carbocycles. The standard InChI is InChI=1S/C13H7F5N4S/c14-8-7(9(15)11(17)12(18)10(8)16)5-20-22-13(23)21-6-2-1-3-19-4-6/h1-5H,(H2,21,22,23)/b20-5+. The van der Waals surface area contributed by atoms with E-state index in [-0.39, 0.29) is 5.11 Å². The third-order valence-electron chi connectivity index (χ3n) is 2.52. The number of nitrogens with one attached hydrogen (secondary N) is 2. The van der Waals surface area contributed by atoms with Gasteiger partial charge in [-0.15, -0.1) is 0 Å². The molecule has 0 atom stereocenters. The molecule has 0 saturated carbocycles. The summed E-state index contributed by atoms with van der Waals surface area (Å²) in [5.41, 5.74) is 1.51. The molecule has 0 aliphatic carbocycles. The Morgan fingerprint density at radius 3 is 2.22 bits per heavy atom. The summed E-state index contributed by atoms with van der Waals surface area (Å²) in [6.07, 6.45) is 3.41. The SMILES string of the molecule is Fc1c(F)c(F)c(/C=N/NC(=S)Nc2cccnc2)c(F)c1F. The topological polar surface area (TPSA) is 49.3 Å². The van der Waals surface area contributed by atoms with Crippen LogP contribution in [0.1, 0.15) is 5.56 Å². The number of rotatable bonds is 3. The lowest BCUT2D eigenvalue weighted by Gasteiger charge is -2.06. The number of aromatic nitrogens is 1. The van der Waals surface area contributed by atoms with Crippen LogP contribution in [0.15, 0.2) is 29.6 Å². The van der Waals surface area contributed by atoms with Crippen molar-refractivity contribution in [3.8, 4) is 0 Å². The predicted molar refractivity (Wildman–Crippen MR) is 77.4 cm³/mol. The minimum Gasteiger partial charge on any atom is -0.330 e. The fourth-order valence-corrected chi connectivity index (χ4v) is 1.66. The van der Waals surface area contributed by atoms with Gasteiger partial charge in [0.15, 0.2) is 28.4 Å². The maximum atomic E-state index is 13.4. The smallest absolute Gasteiger partial charge is 0.200 e. The molecule has 0 aliphatic rings. The van der Waals surface area contributed by atoms with Gasteiger partial charge < -0.3 is 5.32 Å². The Morgan fingerprint density at radius 1 is 1.04 bits per heavy atom. The van der Waals surface area contributed by atoms with E-state index in [0.717, 1.165) is 0 Å². The van der Waals surface area contributed by atoms with Crippen molar-refractivity contribution in [2.24, 2.45) is 5.10 Å². The van der Waals surface area contributed by atoms with Crippen molar-refractivity contribution in [3.05, 3.63) is 59.2 Å². The van der Waals surface area contributed by atoms with E-state index in [1.54, 1.807) is 12.1 Å². The van der Waals surface area contributed by atoms with Gasteiger partial charge in [-0.1, -0.05) is 0 Å². The summed E-state index contributed by atoms with van der Waals surface area (Å²) in [4.78, 5) is 3.81. The van der Waals surface area contributed by atoms with Crippen LogP contribution < -0.4 is 10.7 Å². The number of pyridine rings is 1. The molecule has 0 radical (unpaired) electrons. The molecule has 120 valence electrons. The number of hydrogen-bond donors (Lipinski definition) is 2. The zero-order chi connectivity index (χ0) is 17.0. The molecule has 10 heteroatoms. The Kier molecular flexibility index (Phi) is 5.16. The molecule has 0 saturated heterocycles. The number of anilines is 1. The zero-order valence-electron chi connectivity index (χ0n) is 11.1. The number of hydrazone groups is 1. The monoisotopic (exact) mass is 346 g/mol. The lowest BCUT2D eigenvalue weighted by Crippen LogP contribution is -2.24. The van der Waals surface area contributed by atoms with Crippen LogP contribution in [0.3, 0.4) is 0 Å². The molecule has 1 heterocycles. The Morgan fingerprint density at radius 2 is 1.65 bits per heavy atom. The van der Waals surface area contributed by atoms with Gasteiger partial charge in [-0.05, 0) is 24.4 Å². The first-order chi connectivity index (χ1) is 10.9. The highest BCUT2D eigenvalue weighted by Crippen LogP contribution is 2.21. The van der Waals surface area contributed by atoms with E-state index in [4.69, 9.17) is 12.2 Å². The number of hydrogen-bond acceptors (Lipinski definition) is 3. The molecule has 2 aromatic rings. The average Bonchev–Trinajstić information content (AvgIpc) is 2.55. The van der Waals surface area contributed by atoms with Gasteiger partial charge in [0.2, 0.25) is 5.82 Å². The minimum atomic E-state index is -2.24. The largest absolute Gasteiger partial charge is 0.330 e. The van der Waals surface area contributed by atoms with Crippen molar-refractivity contribution >= 4 is 29.2 Å². The normalized spacial score (nSPS) is 10.8. The fraction of sp³-hybridized carbons (Fsp3) is 0. The second kappa shape index (κ2) is 7.09. The van der Waals surface area contributed by atoms with Crippen molar-refractivity contribution in [3.63, 3.8) is 0 Å². The first-order valence-electron chi connectivity index (χ1n) is 5.93. The molecular weight excluding hydrogens is 339 g/mol. The zero-order valence-corrected chi connectivity index (χ0v) is 11.9. The summed E-state index contributed by atoms with van der Waals surface area (Å²) < 4.78 is 65.6. The van der Waals surface area contributed by atoms with E-state index in [0.29, 0.717) is 11.9 Å². The highest BCUT2D eigenvalue weighted by molar-refractivity contribution is 7.80. The Balaban J connectivity index is 2.11. The Labute approximate surface area is 132 Å². The summed E-state index contributed by atoms with van der Waals surface area (Å²) in [7, 11) is 0. The van der Waals surface area contributed by atoms with Crippen molar-refractivity contribution in [2.75, 3.05) is 5.32 Å². The van der Waals surface area contributed by atoms with Crippen molar-refractivity contribution in [1.82, 2.24) is 10.4 Å². The summed E-state index contributed by atoms with van der Waals surface area (Å²) >= 11 is 4.83. The summed E-state index contributed by atoms with van der Waals surface area (Å²) in [6.45, 7) is 0. The van der Waals surface area contributed by atoms with Crippen LogP contribution in [0, 0.1) is 29.1 Å². The molecule has 23 heavy (non-hydrogen) atoms. The molecule has 0 amide bonds. The number of benzene rings is 1. The molecule has 2 N–H and O–H groups in total. The van der Waals surface area contributed by atoms with Crippen molar-refractivity contribution in [2.45, 2.75) is 0 Å². The second-order valence-electron chi connectivity index (χ2n) is 4.05. The van der Waals surface area contributed by atoms with Crippen LogP contribution in [-0.2, 0) is 0 Å². The third kappa shape index (κ3) is 3.77. The van der Waals surface area contributed by atoms with E-state index >= 15 is 0 Å². The van der Waals surface area contributed by atoms with Crippen molar-refractivity contribution < 1.29 is 22.0 Å². The average molecular weight is 346 g/mol. The van der Waals surface area contributed by atoms with Gasteiger partial charge in [0.1, 0.15) is 0 Å². The van der Waals surface area contributed by atoms with Crippen LogP contribution in [0.4, 0.5) is 27.6 Å². The number of halogens is 5. The second-order valence-corrected chi connectivity index (χ2v) is 4.46. The van der Waals surface area contributed by atoms with Gasteiger partial charge in [0.05, 0.1) is 23.7 Å². The first kappa shape index (κ1) is 16.7.